The second kappa shape index (κ2) is 9.15. The molecule has 0 bridgehead atoms. The zero-order valence-corrected chi connectivity index (χ0v) is 15.1. The van der Waals surface area contributed by atoms with E-state index in [2.05, 4.69) is 10.6 Å². The Labute approximate surface area is 143 Å². The standard InChI is InChI=1S/C18H28N2O4/c1-13(2)23-15-8-6-14(7-9-15)12-20-16(21)10-11-19-17(22)24-18(3,4)5/h6-9,13H,10-12H2,1-5H3,(H,19,22)(H,20,21). The molecule has 24 heavy (non-hydrogen) atoms. The maximum atomic E-state index is 11.8. The average molecular weight is 336 g/mol. The summed E-state index contributed by atoms with van der Waals surface area (Å²) >= 11 is 0. The summed E-state index contributed by atoms with van der Waals surface area (Å²) in [6, 6.07) is 7.59. The van der Waals surface area contributed by atoms with Crippen molar-refractivity contribution in [3.05, 3.63) is 29.8 Å². The topological polar surface area (TPSA) is 76.7 Å². The first-order chi connectivity index (χ1) is 11.2. The van der Waals surface area contributed by atoms with Gasteiger partial charge in [-0.2, -0.15) is 0 Å². The lowest BCUT2D eigenvalue weighted by molar-refractivity contribution is -0.121. The van der Waals surface area contributed by atoms with Gasteiger partial charge in [0.25, 0.3) is 0 Å². The van der Waals surface area contributed by atoms with Crippen LogP contribution in [0.4, 0.5) is 4.79 Å². The van der Waals surface area contributed by atoms with E-state index in [0.717, 1.165) is 11.3 Å². The Morgan fingerprint density at radius 3 is 2.25 bits per heavy atom. The van der Waals surface area contributed by atoms with Crippen molar-refractivity contribution in [2.24, 2.45) is 0 Å². The van der Waals surface area contributed by atoms with Gasteiger partial charge in [-0.15, -0.1) is 0 Å². The molecule has 1 rings (SSSR count). The molecule has 0 atom stereocenters. The van der Waals surface area contributed by atoms with Gasteiger partial charge in [0.15, 0.2) is 0 Å². The number of alkyl carbamates (subject to hydrolysis) is 1. The third-order valence-electron chi connectivity index (χ3n) is 2.81. The van der Waals surface area contributed by atoms with Gasteiger partial charge in [0.2, 0.25) is 5.91 Å². The van der Waals surface area contributed by atoms with E-state index in [1.165, 1.54) is 0 Å². The van der Waals surface area contributed by atoms with E-state index in [4.69, 9.17) is 9.47 Å². The third kappa shape index (κ3) is 9.02. The third-order valence-corrected chi connectivity index (χ3v) is 2.81. The highest BCUT2D eigenvalue weighted by Crippen LogP contribution is 2.13. The first kappa shape index (κ1) is 19.8. The molecular formula is C18H28N2O4. The van der Waals surface area contributed by atoms with Gasteiger partial charge in [0.05, 0.1) is 6.10 Å². The smallest absolute Gasteiger partial charge is 0.407 e. The summed E-state index contributed by atoms with van der Waals surface area (Å²) in [5, 5.41) is 5.36. The van der Waals surface area contributed by atoms with Gasteiger partial charge in [-0.25, -0.2) is 4.79 Å². The summed E-state index contributed by atoms with van der Waals surface area (Å²) < 4.78 is 10.7. The Bertz CT molecular complexity index is 533. The molecule has 0 unspecified atom stereocenters. The molecule has 1 aromatic carbocycles. The number of hydrogen-bond donors (Lipinski definition) is 2. The van der Waals surface area contributed by atoms with Crippen molar-refractivity contribution in [2.45, 2.75) is 59.3 Å². The normalized spacial score (nSPS) is 11.1. The molecule has 2 N–H and O–H groups in total. The van der Waals surface area contributed by atoms with E-state index in [-0.39, 0.29) is 25.0 Å². The molecule has 6 heteroatoms. The highest BCUT2D eigenvalue weighted by atomic mass is 16.6. The van der Waals surface area contributed by atoms with Gasteiger partial charge in [0.1, 0.15) is 11.4 Å². The lowest BCUT2D eigenvalue weighted by Crippen LogP contribution is -2.35. The summed E-state index contributed by atoms with van der Waals surface area (Å²) in [6.45, 7) is 9.98. The number of carbonyl (C=O) groups excluding carboxylic acids is 2. The van der Waals surface area contributed by atoms with E-state index in [1.807, 2.05) is 38.1 Å². The molecule has 134 valence electrons. The average Bonchev–Trinajstić information content (AvgIpc) is 2.44. The van der Waals surface area contributed by atoms with Crippen LogP contribution in [0.1, 0.15) is 46.6 Å². The molecule has 6 nitrogen and oxygen atoms in total. The van der Waals surface area contributed by atoms with Crippen molar-refractivity contribution in [1.82, 2.24) is 10.6 Å². The first-order valence-corrected chi connectivity index (χ1v) is 8.15. The maximum absolute atomic E-state index is 11.8. The van der Waals surface area contributed by atoms with Gasteiger partial charge < -0.3 is 20.1 Å². The molecule has 0 saturated carbocycles. The Balaban J connectivity index is 2.25. The van der Waals surface area contributed by atoms with Crippen LogP contribution in [0.5, 0.6) is 5.75 Å². The fourth-order valence-corrected chi connectivity index (χ4v) is 1.84. The minimum absolute atomic E-state index is 0.131. The highest BCUT2D eigenvalue weighted by Gasteiger charge is 2.15. The molecule has 0 aliphatic heterocycles. The van der Waals surface area contributed by atoms with Crippen molar-refractivity contribution in [3.8, 4) is 5.75 Å². The van der Waals surface area contributed by atoms with Gasteiger partial charge in [-0.05, 0) is 52.3 Å². The largest absolute Gasteiger partial charge is 0.491 e. The molecule has 0 fully saturated rings. The van der Waals surface area contributed by atoms with E-state index in [0.29, 0.717) is 6.54 Å². The fourth-order valence-electron chi connectivity index (χ4n) is 1.84. The number of nitrogens with one attached hydrogen (secondary N) is 2. The number of ether oxygens (including phenoxy) is 2. The van der Waals surface area contributed by atoms with Crippen molar-refractivity contribution < 1.29 is 19.1 Å². The van der Waals surface area contributed by atoms with E-state index < -0.39 is 11.7 Å². The number of benzene rings is 1. The molecule has 0 spiro atoms. The Morgan fingerprint density at radius 1 is 1.08 bits per heavy atom. The van der Waals surface area contributed by atoms with Crippen molar-refractivity contribution in [3.63, 3.8) is 0 Å². The molecule has 0 heterocycles. The number of amides is 2. The molecule has 2 amide bonds. The molecule has 0 aromatic heterocycles. The van der Waals surface area contributed by atoms with Crippen LogP contribution in [0.25, 0.3) is 0 Å². The second-order valence-electron chi connectivity index (χ2n) is 6.77. The van der Waals surface area contributed by atoms with Crippen molar-refractivity contribution in [1.29, 1.82) is 0 Å². The number of carbonyl (C=O) groups is 2. The van der Waals surface area contributed by atoms with Gasteiger partial charge in [-0.1, -0.05) is 12.1 Å². The van der Waals surface area contributed by atoms with Crippen LogP contribution in [0, 0.1) is 0 Å². The Hall–Kier alpha value is -2.24. The summed E-state index contributed by atoms with van der Waals surface area (Å²) in [4.78, 5) is 23.2. The molecule has 0 saturated heterocycles. The summed E-state index contributed by atoms with van der Waals surface area (Å²) in [5.74, 6) is 0.676. The highest BCUT2D eigenvalue weighted by molar-refractivity contribution is 5.77. The summed E-state index contributed by atoms with van der Waals surface area (Å²) in [5.41, 5.74) is 0.442. The minimum atomic E-state index is -0.544. The van der Waals surface area contributed by atoms with E-state index in [9.17, 15) is 9.59 Å². The molecule has 0 aliphatic carbocycles. The van der Waals surface area contributed by atoms with Gasteiger partial charge >= 0.3 is 6.09 Å². The van der Waals surface area contributed by atoms with Gasteiger partial charge in [0, 0.05) is 19.5 Å². The van der Waals surface area contributed by atoms with Crippen LogP contribution >= 0.6 is 0 Å². The predicted octanol–water partition coefficient (Wildman–Crippen LogP) is 3.00. The van der Waals surface area contributed by atoms with Crippen LogP contribution in [-0.2, 0) is 16.1 Å². The van der Waals surface area contributed by atoms with E-state index >= 15 is 0 Å². The van der Waals surface area contributed by atoms with Crippen LogP contribution in [0.3, 0.4) is 0 Å². The first-order valence-electron chi connectivity index (χ1n) is 8.15. The second-order valence-corrected chi connectivity index (χ2v) is 6.77. The van der Waals surface area contributed by atoms with Crippen LogP contribution in [0.15, 0.2) is 24.3 Å². The lowest BCUT2D eigenvalue weighted by atomic mass is 10.2. The van der Waals surface area contributed by atoms with Gasteiger partial charge in [-0.3, -0.25) is 4.79 Å². The lowest BCUT2D eigenvalue weighted by Gasteiger charge is -2.19. The molecule has 1 aromatic rings. The minimum Gasteiger partial charge on any atom is -0.491 e. The monoisotopic (exact) mass is 336 g/mol. The number of rotatable bonds is 7. The zero-order chi connectivity index (χ0) is 18.2. The van der Waals surface area contributed by atoms with Crippen LogP contribution in [-0.4, -0.2) is 30.3 Å². The number of hydrogen-bond acceptors (Lipinski definition) is 4. The van der Waals surface area contributed by atoms with Crippen molar-refractivity contribution in [2.75, 3.05) is 6.54 Å². The fraction of sp³-hybridized carbons (Fsp3) is 0.556. The predicted molar refractivity (Wildman–Crippen MR) is 92.9 cm³/mol. The Morgan fingerprint density at radius 2 is 1.71 bits per heavy atom. The SMILES string of the molecule is CC(C)Oc1ccc(CNC(=O)CCNC(=O)OC(C)(C)C)cc1. The molecular weight excluding hydrogens is 308 g/mol. The molecule has 0 aliphatic rings. The van der Waals surface area contributed by atoms with Crippen LogP contribution < -0.4 is 15.4 Å². The quantitative estimate of drug-likeness (QED) is 0.802. The van der Waals surface area contributed by atoms with Crippen LogP contribution in [0.2, 0.25) is 0 Å². The van der Waals surface area contributed by atoms with Crippen molar-refractivity contribution >= 4 is 12.0 Å². The Kier molecular flexibility index (Phi) is 7.55. The summed E-state index contributed by atoms with van der Waals surface area (Å²) in [7, 11) is 0. The zero-order valence-electron chi connectivity index (χ0n) is 15.1. The van der Waals surface area contributed by atoms with E-state index in [1.54, 1.807) is 20.8 Å². The summed E-state index contributed by atoms with van der Waals surface area (Å²) in [6.07, 6.45) is -0.183. The molecule has 0 radical (unpaired) electrons. The maximum Gasteiger partial charge on any atom is 0.407 e.